The molecule has 128 valence electrons. The average molecular weight is 334 g/mol. The second kappa shape index (κ2) is 6.33. The van der Waals surface area contributed by atoms with Crippen LogP contribution < -0.4 is 10.6 Å². The zero-order chi connectivity index (χ0) is 17.4. The van der Waals surface area contributed by atoms with Crippen molar-refractivity contribution in [2.24, 2.45) is 5.73 Å². The fourth-order valence-electron chi connectivity index (χ4n) is 3.58. The summed E-state index contributed by atoms with van der Waals surface area (Å²) in [6, 6.07) is 11.4. The van der Waals surface area contributed by atoms with Gasteiger partial charge in [0.15, 0.2) is 5.82 Å². The molecule has 5 heteroatoms. The zero-order valence-electron chi connectivity index (χ0n) is 14.4. The Hall–Kier alpha value is -2.66. The van der Waals surface area contributed by atoms with Gasteiger partial charge in [-0.15, -0.1) is 0 Å². The Balaban J connectivity index is 2.02. The number of aromatic nitrogens is 2. The molecule has 0 radical (unpaired) electrons. The fourth-order valence-corrected chi connectivity index (χ4v) is 3.58. The number of nitrogens with zero attached hydrogens (tertiary/aromatic N) is 3. The second-order valence-electron chi connectivity index (χ2n) is 6.60. The van der Waals surface area contributed by atoms with Gasteiger partial charge >= 0.3 is 0 Å². The van der Waals surface area contributed by atoms with Crippen molar-refractivity contribution in [1.82, 2.24) is 9.97 Å². The van der Waals surface area contributed by atoms with Gasteiger partial charge in [0.2, 0.25) is 0 Å². The molecule has 0 bridgehead atoms. The van der Waals surface area contributed by atoms with Gasteiger partial charge in [0.1, 0.15) is 11.6 Å². The molecule has 0 amide bonds. The molecule has 0 atom stereocenters. The number of aryl methyl sites for hydroxylation is 1. The van der Waals surface area contributed by atoms with E-state index in [1.807, 2.05) is 12.1 Å². The van der Waals surface area contributed by atoms with E-state index in [1.165, 1.54) is 12.8 Å². The second-order valence-corrected chi connectivity index (χ2v) is 6.60. The molecule has 4 rings (SSSR count). The quantitative estimate of drug-likeness (QED) is 0.768. The number of anilines is 1. The first kappa shape index (κ1) is 15.8. The summed E-state index contributed by atoms with van der Waals surface area (Å²) in [5, 5.41) is 11.3. The predicted molar refractivity (Wildman–Crippen MR) is 101 cm³/mol. The molecular weight excluding hydrogens is 312 g/mol. The van der Waals surface area contributed by atoms with Crippen LogP contribution in [0.5, 0.6) is 5.75 Å². The van der Waals surface area contributed by atoms with Crippen LogP contribution in [0.15, 0.2) is 36.4 Å². The Morgan fingerprint density at radius 1 is 1.12 bits per heavy atom. The number of hydrogen-bond acceptors (Lipinski definition) is 5. The first-order chi connectivity index (χ1) is 12.2. The minimum absolute atomic E-state index is 0.195. The Labute approximate surface area is 147 Å². The third kappa shape index (κ3) is 2.81. The Bertz CT molecular complexity index is 932. The molecule has 0 saturated carbocycles. The zero-order valence-corrected chi connectivity index (χ0v) is 14.4. The number of phenols is 1. The van der Waals surface area contributed by atoms with Crippen molar-refractivity contribution in [2.75, 3.05) is 18.0 Å². The molecule has 3 aromatic rings. The molecule has 1 aromatic heterocycles. The highest BCUT2D eigenvalue weighted by molar-refractivity contribution is 5.94. The minimum Gasteiger partial charge on any atom is -0.507 e. The number of benzene rings is 2. The first-order valence-electron chi connectivity index (χ1n) is 8.72. The van der Waals surface area contributed by atoms with Crippen molar-refractivity contribution in [3.63, 3.8) is 0 Å². The summed E-state index contributed by atoms with van der Waals surface area (Å²) >= 11 is 0. The summed E-state index contributed by atoms with van der Waals surface area (Å²) in [5.41, 5.74) is 9.75. The van der Waals surface area contributed by atoms with Crippen molar-refractivity contribution in [3.8, 4) is 17.1 Å². The molecule has 0 aliphatic carbocycles. The highest BCUT2D eigenvalue weighted by Crippen LogP contribution is 2.34. The first-order valence-corrected chi connectivity index (χ1v) is 8.72. The summed E-state index contributed by atoms with van der Waals surface area (Å²) in [7, 11) is 0. The van der Waals surface area contributed by atoms with Gasteiger partial charge in [0.25, 0.3) is 0 Å². The normalized spacial score (nSPS) is 14.4. The average Bonchev–Trinajstić information content (AvgIpc) is 3.14. The van der Waals surface area contributed by atoms with Crippen molar-refractivity contribution in [1.29, 1.82) is 0 Å². The Kier molecular flexibility index (Phi) is 4.01. The van der Waals surface area contributed by atoms with Gasteiger partial charge in [-0.05, 0) is 49.1 Å². The Morgan fingerprint density at radius 2 is 1.88 bits per heavy atom. The van der Waals surface area contributed by atoms with E-state index in [1.54, 1.807) is 12.1 Å². The van der Waals surface area contributed by atoms with Crippen LogP contribution in [-0.2, 0) is 6.54 Å². The van der Waals surface area contributed by atoms with Gasteiger partial charge in [0.05, 0.1) is 11.1 Å². The van der Waals surface area contributed by atoms with Gasteiger partial charge in [-0.2, -0.15) is 0 Å². The molecule has 25 heavy (non-hydrogen) atoms. The van der Waals surface area contributed by atoms with Crippen LogP contribution in [0.2, 0.25) is 0 Å². The molecule has 0 spiro atoms. The van der Waals surface area contributed by atoms with Gasteiger partial charge in [-0.25, -0.2) is 9.97 Å². The van der Waals surface area contributed by atoms with Crippen molar-refractivity contribution < 1.29 is 5.11 Å². The third-order valence-electron chi connectivity index (χ3n) is 4.78. The van der Waals surface area contributed by atoms with Gasteiger partial charge < -0.3 is 15.7 Å². The molecule has 0 unspecified atom stereocenters. The van der Waals surface area contributed by atoms with Crippen molar-refractivity contribution >= 4 is 16.7 Å². The summed E-state index contributed by atoms with van der Waals surface area (Å²) in [6.07, 6.45) is 2.34. The summed E-state index contributed by atoms with van der Waals surface area (Å²) in [6.45, 7) is 4.49. The monoisotopic (exact) mass is 334 g/mol. The highest BCUT2D eigenvalue weighted by atomic mass is 16.3. The van der Waals surface area contributed by atoms with E-state index in [4.69, 9.17) is 15.7 Å². The topological polar surface area (TPSA) is 75.3 Å². The van der Waals surface area contributed by atoms with Crippen LogP contribution in [0.25, 0.3) is 22.3 Å². The lowest BCUT2D eigenvalue weighted by Gasteiger charge is -2.21. The summed E-state index contributed by atoms with van der Waals surface area (Å²) < 4.78 is 0. The maximum Gasteiger partial charge on any atom is 0.165 e. The third-order valence-corrected chi connectivity index (χ3v) is 4.78. The summed E-state index contributed by atoms with van der Waals surface area (Å²) in [5.74, 6) is 1.68. The molecule has 1 aliphatic rings. The van der Waals surface area contributed by atoms with Crippen molar-refractivity contribution in [2.45, 2.75) is 26.3 Å². The number of aromatic hydroxyl groups is 1. The number of hydrogen-bond donors (Lipinski definition) is 2. The van der Waals surface area contributed by atoms with E-state index >= 15 is 0 Å². The molecular formula is C20H22N4O. The van der Waals surface area contributed by atoms with E-state index in [2.05, 4.69) is 24.0 Å². The number of fused-ring (bicyclic) bond motifs is 1. The minimum atomic E-state index is 0.195. The molecule has 2 aromatic carbocycles. The number of para-hydroxylation sites is 1. The highest BCUT2D eigenvalue weighted by Gasteiger charge is 2.21. The molecule has 5 nitrogen and oxygen atoms in total. The SMILES string of the molecule is Cc1cc(CN)c2c(N3CCCC3)nc(-c3ccccc3O)nc2c1. The van der Waals surface area contributed by atoms with Crippen LogP contribution in [0.3, 0.4) is 0 Å². The maximum atomic E-state index is 10.2. The van der Waals surface area contributed by atoms with Crippen LogP contribution in [0.4, 0.5) is 5.82 Å². The van der Waals surface area contributed by atoms with E-state index in [9.17, 15) is 5.11 Å². The van der Waals surface area contributed by atoms with Crippen LogP contribution in [-0.4, -0.2) is 28.2 Å². The lowest BCUT2D eigenvalue weighted by Crippen LogP contribution is -2.20. The van der Waals surface area contributed by atoms with E-state index < -0.39 is 0 Å². The van der Waals surface area contributed by atoms with Gasteiger partial charge in [0, 0.05) is 25.0 Å². The molecule has 2 heterocycles. The van der Waals surface area contributed by atoms with E-state index in [-0.39, 0.29) is 5.75 Å². The van der Waals surface area contributed by atoms with Gasteiger partial charge in [-0.3, -0.25) is 0 Å². The molecule has 1 aliphatic heterocycles. The van der Waals surface area contributed by atoms with E-state index in [0.717, 1.165) is 40.9 Å². The number of nitrogens with two attached hydrogens (primary N) is 1. The van der Waals surface area contributed by atoms with Crippen LogP contribution in [0.1, 0.15) is 24.0 Å². The van der Waals surface area contributed by atoms with Crippen molar-refractivity contribution in [3.05, 3.63) is 47.5 Å². The fraction of sp³-hybridized carbons (Fsp3) is 0.300. The number of phenolic OH excluding ortho intramolecular Hbond substituents is 1. The molecule has 1 saturated heterocycles. The lowest BCUT2D eigenvalue weighted by molar-refractivity contribution is 0.477. The van der Waals surface area contributed by atoms with Crippen LogP contribution >= 0.6 is 0 Å². The predicted octanol–water partition coefficient (Wildman–Crippen LogP) is 3.37. The summed E-state index contributed by atoms with van der Waals surface area (Å²) in [4.78, 5) is 11.9. The molecule has 1 fully saturated rings. The number of rotatable bonds is 3. The molecule has 3 N–H and O–H groups in total. The smallest absolute Gasteiger partial charge is 0.165 e. The largest absolute Gasteiger partial charge is 0.507 e. The maximum absolute atomic E-state index is 10.2. The standard InChI is InChI=1S/C20H22N4O/c1-13-10-14(12-21)18-16(11-13)22-19(15-6-2-3-7-17(15)25)23-20(18)24-8-4-5-9-24/h2-3,6-7,10-11,25H,4-5,8-9,12,21H2,1H3. The lowest BCUT2D eigenvalue weighted by atomic mass is 10.0. The van der Waals surface area contributed by atoms with Crippen LogP contribution in [0, 0.1) is 6.92 Å². The van der Waals surface area contributed by atoms with E-state index in [0.29, 0.717) is 17.9 Å². The van der Waals surface area contributed by atoms with Gasteiger partial charge in [-0.1, -0.05) is 18.2 Å². The Morgan fingerprint density at radius 3 is 2.60 bits per heavy atom.